The van der Waals surface area contributed by atoms with Crippen LogP contribution in [0.3, 0.4) is 0 Å². The Hall–Kier alpha value is -2.89. The fraction of sp³-hybridized carbons (Fsp3) is 0.417. The third-order valence-corrected chi connectivity index (χ3v) is 5.38. The van der Waals surface area contributed by atoms with E-state index in [4.69, 9.17) is 4.74 Å². The largest absolute Gasteiger partial charge is 0.493 e. The predicted molar refractivity (Wildman–Crippen MR) is 114 cm³/mol. The van der Waals surface area contributed by atoms with Gasteiger partial charge in [0.1, 0.15) is 11.6 Å². The summed E-state index contributed by atoms with van der Waals surface area (Å²) in [5.41, 5.74) is 1.88. The molecule has 1 heterocycles. The molecule has 0 saturated carbocycles. The van der Waals surface area contributed by atoms with Crippen LogP contribution < -0.4 is 10.1 Å². The van der Waals surface area contributed by atoms with Crippen molar-refractivity contribution in [1.82, 2.24) is 10.2 Å². The maximum Gasteiger partial charge on any atom is 0.224 e. The molecule has 1 saturated heterocycles. The quantitative estimate of drug-likeness (QED) is 0.674. The number of aryl methyl sites for hydroxylation is 1. The van der Waals surface area contributed by atoms with Gasteiger partial charge in [0.05, 0.1) is 13.0 Å². The highest BCUT2D eigenvalue weighted by atomic mass is 19.1. The number of nitrogens with one attached hydrogen (secondary N) is 1. The minimum atomic E-state index is -0.307. The number of carbonyl (C=O) groups excluding carboxylic acids is 2. The Balaban J connectivity index is 1.32. The number of likely N-dealkylation sites (tertiary alicyclic amines) is 1. The van der Waals surface area contributed by atoms with Crippen LogP contribution in [-0.4, -0.2) is 42.5 Å². The molecule has 0 aliphatic carbocycles. The Morgan fingerprint density at radius 3 is 2.50 bits per heavy atom. The van der Waals surface area contributed by atoms with Crippen molar-refractivity contribution >= 4 is 11.8 Å². The van der Waals surface area contributed by atoms with Gasteiger partial charge in [0.2, 0.25) is 11.8 Å². The van der Waals surface area contributed by atoms with Crippen LogP contribution in [0.25, 0.3) is 0 Å². The molecule has 2 aromatic rings. The Labute approximate surface area is 177 Å². The third-order valence-electron chi connectivity index (χ3n) is 5.38. The Kier molecular flexibility index (Phi) is 7.82. The zero-order chi connectivity index (χ0) is 21.3. The summed E-state index contributed by atoms with van der Waals surface area (Å²) in [7, 11) is 0. The van der Waals surface area contributed by atoms with E-state index in [0.717, 1.165) is 29.7 Å². The van der Waals surface area contributed by atoms with Crippen LogP contribution in [0.1, 0.15) is 36.8 Å². The number of piperidine rings is 1. The van der Waals surface area contributed by atoms with Crippen LogP contribution in [-0.2, 0) is 16.0 Å². The summed E-state index contributed by atoms with van der Waals surface area (Å²) in [6.07, 6.45) is 2.89. The second-order valence-corrected chi connectivity index (χ2v) is 7.74. The molecule has 30 heavy (non-hydrogen) atoms. The van der Waals surface area contributed by atoms with Gasteiger partial charge < -0.3 is 15.0 Å². The van der Waals surface area contributed by atoms with E-state index >= 15 is 0 Å². The first kappa shape index (κ1) is 21.8. The lowest BCUT2D eigenvalue weighted by molar-refractivity contribution is -0.132. The molecule has 1 N–H and O–H groups in total. The van der Waals surface area contributed by atoms with Crippen molar-refractivity contribution in [3.63, 3.8) is 0 Å². The van der Waals surface area contributed by atoms with E-state index in [-0.39, 0.29) is 30.1 Å². The maximum atomic E-state index is 13.0. The van der Waals surface area contributed by atoms with E-state index in [1.165, 1.54) is 12.1 Å². The molecule has 3 rings (SSSR count). The van der Waals surface area contributed by atoms with E-state index in [0.29, 0.717) is 32.5 Å². The number of ether oxygens (including phenoxy) is 1. The molecule has 0 unspecified atom stereocenters. The van der Waals surface area contributed by atoms with Crippen molar-refractivity contribution in [1.29, 1.82) is 0 Å². The van der Waals surface area contributed by atoms with Crippen molar-refractivity contribution in [2.24, 2.45) is 0 Å². The number of carbonyl (C=O) groups is 2. The van der Waals surface area contributed by atoms with Crippen LogP contribution in [0, 0.1) is 12.7 Å². The molecule has 1 aliphatic rings. The third kappa shape index (κ3) is 6.58. The van der Waals surface area contributed by atoms with Crippen molar-refractivity contribution in [2.45, 2.75) is 45.1 Å². The van der Waals surface area contributed by atoms with Gasteiger partial charge in [-0.05, 0) is 55.5 Å². The van der Waals surface area contributed by atoms with Crippen molar-refractivity contribution in [3.8, 4) is 5.75 Å². The van der Waals surface area contributed by atoms with Gasteiger partial charge in [0.25, 0.3) is 0 Å². The summed E-state index contributed by atoms with van der Waals surface area (Å²) in [6, 6.07) is 13.9. The maximum absolute atomic E-state index is 13.0. The minimum absolute atomic E-state index is 0.0697. The molecular formula is C24H29FN2O3. The summed E-state index contributed by atoms with van der Waals surface area (Å²) in [5, 5.41) is 3.03. The summed E-state index contributed by atoms with van der Waals surface area (Å²) < 4.78 is 18.7. The van der Waals surface area contributed by atoms with E-state index in [1.54, 1.807) is 12.1 Å². The molecule has 1 fully saturated rings. The van der Waals surface area contributed by atoms with Crippen molar-refractivity contribution in [3.05, 3.63) is 65.5 Å². The summed E-state index contributed by atoms with van der Waals surface area (Å²) >= 11 is 0. The van der Waals surface area contributed by atoms with Gasteiger partial charge >= 0.3 is 0 Å². The summed E-state index contributed by atoms with van der Waals surface area (Å²) in [4.78, 5) is 26.5. The number of nitrogens with zero attached hydrogens (tertiary/aromatic N) is 1. The molecule has 0 bridgehead atoms. The van der Waals surface area contributed by atoms with Crippen LogP contribution in [0.5, 0.6) is 5.75 Å². The second-order valence-electron chi connectivity index (χ2n) is 7.74. The number of benzene rings is 2. The van der Waals surface area contributed by atoms with Crippen LogP contribution in [0.2, 0.25) is 0 Å². The van der Waals surface area contributed by atoms with E-state index in [1.807, 2.05) is 36.1 Å². The molecule has 2 aromatic carbocycles. The Morgan fingerprint density at radius 2 is 1.80 bits per heavy atom. The molecule has 0 atom stereocenters. The monoisotopic (exact) mass is 412 g/mol. The lowest BCUT2D eigenvalue weighted by Gasteiger charge is -2.32. The smallest absolute Gasteiger partial charge is 0.224 e. The zero-order valence-electron chi connectivity index (χ0n) is 17.4. The molecule has 2 amide bonds. The average molecular weight is 413 g/mol. The molecule has 160 valence electrons. The topological polar surface area (TPSA) is 58.6 Å². The van der Waals surface area contributed by atoms with Crippen LogP contribution >= 0.6 is 0 Å². The number of amides is 2. The number of hydrogen-bond donors (Lipinski definition) is 1. The number of halogens is 1. The van der Waals surface area contributed by atoms with Gasteiger partial charge in [-0.1, -0.05) is 30.3 Å². The van der Waals surface area contributed by atoms with Gasteiger partial charge in [0, 0.05) is 25.6 Å². The first-order valence-corrected chi connectivity index (χ1v) is 10.5. The number of para-hydroxylation sites is 1. The van der Waals surface area contributed by atoms with E-state index in [9.17, 15) is 14.0 Å². The SMILES string of the molecule is Cc1ccccc1OCCCC(=O)N1CCC(NC(=O)Cc2ccc(F)cc2)CC1. The Morgan fingerprint density at radius 1 is 1.10 bits per heavy atom. The minimum Gasteiger partial charge on any atom is -0.493 e. The molecule has 6 heteroatoms. The standard InChI is InChI=1S/C24H29FN2O3/c1-18-5-2-3-6-22(18)30-16-4-7-24(29)27-14-12-21(13-15-27)26-23(28)17-19-8-10-20(25)11-9-19/h2-3,5-6,8-11,21H,4,7,12-17H2,1H3,(H,26,28). The van der Waals surface area contributed by atoms with Gasteiger partial charge in [-0.25, -0.2) is 4.39 Å². The molecule has 5 nitrogen and oxygen atoms in total. The molecule has 0 aromatic heterocycles. The lowest BCUT2D eigenvalue weighted by atomic mass is 10.0. The van der Waals surface area contributed by atoms with Crippen LogP contribution in [0.4, 0.5) is 4.39 Å². The van der Waals surface area contributed by atoms with Crippen LogP contribution in [0.15, 0.2) is 48.5 Å². The van der Waals surface area contributed by atoms with Gasteiger partial charge in [-0.3, -0.25) is 9.59 Å². The highest BCUT2D eigenvalue weighted by Gasteiger charge is 2.23. The fourth-order valence-corrected chi connectivity index (χ4v) is 3.62. The number of rotatable bonds is 8. The van der Waals surface area contributed by atoms with E-state index in [2.05, 4.69) is 5.32 Å². The Bertz CT molecular complexity index is 846. The second kappa shape index (κ2) is 10.8. The fourth-order valence-electron chi connectivity index (χ4n) is 3.62. The van der Waals surface area contributed by atoms with Crippen molar-refractivity contribution in [2.75, 3.05) is 19.7 Å². The molecule has 0 radical (unpaired) electrons. The first-order chi connectivity index (χ1) is 14.5. The van der Waals surface area contributed by atoms with Gasteiger partial charge in [-0.15, -0.1) is 0 Å². The summed E-state index contributed by atoms with van der Waals surface area (Å²) in [6.45, 7) is 3.83. The number of hydrogen-bond acceptors (Lipinski definition) is 3. The predicted octanol–water partition coefficient (Wildman–Crippen LogP) is 3.64. The first-order valence-electron chi connectivity index (χ1n) is 10.5. The molecule has 1 aliphatic heterocycles. The molecular weight excluding hydrogens is 383 g/mol. The van der Waals surface area contributed by atoms with Gasteiger partial charge in [0.15, 0.2) is 0 Å². The summed E-state index contributed by atoms with van der Waals surface area (Å²) in [5.74, 6) is 0.624. The lowest BCUT2D eigenvalue weighted by Crippen LogP contribution is -2.46. The highest BCUT2D eigenvalue weighted by molar-refractivity contribution is 5.79. The zero-order valence-corrected chi connectivity index (χ0v) is 17.4. The van der Waals surface area contributed by atoms with E-state index < -0.39 is 0 Å². The molecule has 0 spiro atoms. The normalized spacial score (nSPS) is 14.4. The average Bonchev–Trinajstić information content (AvgIpc) is 2.74. The van der Waals surface area contributed by atoms with Gasteiger partial charge in [-0.2, -0.15) is 0 Å². The van der Waals surface area contributed by atoms with Crippen molar-refractivity contribution < 1.29 is 18.7 Å². The highest BCUT2D eigenvalue weighted by Crippen LogP contribution is 2.17.